The normalized spacial score (nSPS) is 13.6. The number of nitro benzene ring substituents is 1. The van der Waals surface area contributed by atoms with Crippen molar-refractivity contribution in [3.63, 3.8) is 0 Å². The summed E-state index contributed by atoms with van der Waals surface area (Å²) in [5, 5.41) is 22.5. The number of carbonyl (C=O) groups excluding carboxylic acids is 1. The topological polar surface area (TPSA) is 92.5 Å². The number of hydrogen-bond donors (Lipinski definition) is 2. The van der Waals surface area contributed by atoms with E-state index in [0.717, 1.165) is 0 Å². The number of nitrogens with zero attached hydrogens (tertiary/aromatic N) is 1. The number of aliphatic hydroxyl groups is 1. The number of non-ortho nitro benzene ring substituents is 1. The molecule has 6 nitrogen and oxygen atoms in total. The molecule has 0 bridgehead atoms. The number of nitrogens with one attached hydrogen (secondary N) is 1. The molecule has 2 unspecified atom stereocenters. The Hall–Kier alpha value is -1.60. The first kappa shape index (κ1) is 16.5. The van der Waals surface area contributed by atoms with Gasteiger partial charge in [0.05, 0.1) is 18.0 Å². The minimum absolute atomic E-state index is 0.0145. The van der Waals surface area contributed by atoms with E-state index >= 15 is 0 Å². The van der Waals surface area contributed by atoms with E-state index < -0.39 is 4.92 Å². The zero-order valence-corrected chi connectivity index (χ0v) is 12.2. The zero-order valence-electron chi connectivity index (χ0n) is 11.4. The summed E-state index contributed by atoms with van der Waals surface area (Å²) in [6.45, 7) is 1.81. The second-order valence-electron chi connectivity index (χ2n) is 4.42. The quantitative estimate of drug-likeness (QED) is 0.586. The number of nitro groups is 1. The zero-order chi connectivity index (χ0) is 15.1. The van der Waals surface area contributed by atoms with E-state index in [1.54, 1.807) is 12.1 Å². The van der Waals surface area contributed by atoms with Gasteiger partial charge in [-0.15, -0.1) is 0 Å². The average Bonchev–Trinajstić information content (AvgIpc) is 2.40. The maximum atomic E-state index is 11.9. The first-order valence-electron chi connectivity index (χ1n) is 6.14. The molecule has 0 heterocycles. The van der Waals surface area contributed by atoms with Crippen LogP contribution in [0.15, 0.2) is 24.3 Å². The van der Waals surface area contributed by atoms with Gasteiger partial charge in [0.2, 0.25) is 5.91 Å². The van der Waals surface area contributed by atoms with E-state index in [2.05, 4.69) is 5.32 Å². The van der Waals surface area contributed by atoms with E-state index in [1.807, 2.05) is 13.2 Å². The number of thioether (sulfide) groups is 1. The summed E-state index contributed by atoms with van der Waals surface area (Å²) in [6.07, 6.45) is 1.95. The molecular weight excluding hydrogens is 280 g/mol. The van der Waals surface area contributed by atoms with Gasteiger partial charge >= 0.3 is 0 Å². The van der Waals surface area contributed by atoms with Gasteiger partial charge in [0.1, 0.15) is 0 Å². The number of benzene rings is 1. The molecule has 0 aliphatic heterocycles. The van der Waals surface area contributed by atoms with Crippen LogP contribution in [0.4, 0.5) is 5.69 Å². The van der Waals surface area contributed by atoms with Gasteiger partial charge in [-0.1, -0.05) is 12.1 Å². The molecule has 0 radical (unpaired) electrons. The molecule has 0 aliphatic rings. The predicted octanol–water partition coefficient (Wildman–Crippen LogP) is 1.37. The summed E-state index contributed by atoms with van der Waals surface area (Å²) < 4.78 is 0. The van der Waals surface area contributed by atoms with Gasteiger partial charge in [0, 0.05) is 23.4 Å². The lowest BCUT2D eigenvalue weighted by Gasteiger charge is -2.21. The van der Waals surface area contributed by atoms with Crippen LogP contribution in [-0.2, 0) is 11.2 Å². The number of amides is 1. The standard InChI is InChI=1S/C13H18N2O4S/c1-9(12(8-16)20-2)14-13(17)7-10-4-3-5-11(6-10)15(18)19/h3-6,9,12,16H,7-8H2,1-2H3,(H,14,17). The molecule has 2 N–H and O–H groups in total. The Balaban J connectivity index is 2.62. The van der Waals surface area contributed by atoms with Gasteiger partial charge in [-0.2, -0.15) is 11.8 Å². The van der Waals surface area contributed by atoms with E-state index in [0.29, 0.717) is 5.56 Å². The van der Waals surface area contributed by atoms with Crippen molar-refractivity contribution in [2.24, 2.45) is 0 Å². The van der Waals surface area contributed by atoms with Crippen molar-refractivity contribution < 1.29 is 14.8 Å². The Morgan fingerprint density at radius 1 is 1.55 bits per heavy atom. The second-order valence-corrected chi connectivity index (χ2v) is 5.49. The monoisotopic (exact) mass is 298 g/mol. The molecule has 20 heavy (non-hydrogen) atoms. The molecule has 2 atom stereocenters. The van der Waals surface area contributed by atoms with E-state index in [9.17, 15) is 14.9 Å². The first-order chi connectivity index (χ1) is 9.47. The number of hydrogen-bond acceptors (Lipinski definition) is 5. The molecule has 7 heteroatoms. The summed E-state index contributed by atoms with van der Waals surface area (Å²) >= 11 is 1.48. The van der Waals surface area contributed by atoms with Crippen molar-refractivity contribution >= 4 is 23.4 Å². The van der Waals surface area contributed by atoms with Crippen LogP contribution < -0.4 is 5.32 Å². The Kier molecular flexibility index (Phi) is 6.47. The van der Waals surface area contributed by atoms with E-state index in [4.69, 9.17) is 5.11 Å². The van der Waals surface area contributed by atoms with Crippen molar-refractivity contribution in [1.29, 1.82) is 0 Å². The summed E-state index contributed by atoms with van der Waals surface area (Å²) in [6, 6.07) is 5.85. The van der Waals surface area contributed by atoms with Crippen LogP contribution in [0.1, 0.15) is 12.5 Å². The fourth-order valence-corrected chi connectivity index (χ4v) is 2.43. The van der Waals surface area contributed by atoms with Gasteiger partial charge in [-0.25, -0.2) is 0 Å². The van der Waals surface area contributed by atoms with Crippen molar-refractivity contribution in [3.05, 3.63) is 39.9 Å². The highest BCUT2D eigenvalue weighted by Crippen LogP contribution is 2.14. The van der Waals surface area contributed by atoms with Crippen molar-refractivity contribution in [3.8, 4) is 0 Å². The van der Waals surface area contributed by atoms with E-state index in [-0.39, 0.29) is 35.9 Å². The van der Waals surface area contributed by atoms with Crippen LogP contribution in [-0.4, -0.2) is 40.1 Å². The number of carbonyl (C=O) groups is 1. The van der Waals surface area contributed by atoms with Crippen molar-refractivity contribution in [2.75, 3.05) is 12.9 Å². The van der Waals surface area contributed by atoms with Crippen LogP contribution in [0, 0.1) is 10.1 Å². The molecule has 1 aromatic carbocycles. The second kappa shape index (κ2) is 7.86. The maximum absolute atomic E-state index is 11.9. The Bertz CT molecular complexity index is 477. The molecule has 0 spiro atoms. The van der Waals surface area contributed by atoms with Crippen LogP contribution >= 0.6 is 11.8 Å². The summed E-state index contributed by atoms with van der Waals surface area (Å²) in [4.78, 5) is 22.0. The van der Waals surface area contributed by atoms with Gasteiger partial charge in [0.25, 0.3) is 5.69 Å². The van der Waals surface area contributed by atoms with Crippen LogP contribution in [0.25, 0.3) is 0 Å². The summed E-state index contributed by atoms with van der Waals surface area (Å²) in [5.41, 5.74) is 0.564. The first-order valence-corrected chi connectivity index (χ1v) is 7.43. The summed E-state index contributed by atoms with van der Waals surface area (Å²) in [7, 11) is 0. The largest absolute Gasteiger partial charge is 0.395 e. The molecule has 0 fully saturated rings. The van der Waals surface area contributed by atoms with Crippen molar-refractivity contribution in [2.45, 2.75) is 24.6 Å². The maximum Gasteiger partial charge on any atom is 0.269 e. The number of aliphatic hydroxyl groups excluding tert-OH is 1. The minimum Gasteiger partial charge on any atom is -0.395 e. The fraction of sp³-hybridized carbons (Fsp3) is 0.462. The van der Waals surface area contributed by atoms with E-state index in [1.165, 1.54) is 23.9 Å². The molecule has 1 aromatic rings. The lowest BCUT2D eigenvalue weighted by Crippen LogP contribution is -2.41. The van der Waals surface area contributed by atoms with Crippen LogP contribution in [0.5, 0.6) is 0 Å². The third kappa shape index (κ3) is 4.82. The smallest absolute Gasteiger partial charge is 0.269 e. The van der Waals surface area contributed by atoms with Gasteiger partial charge in [-0.05, 0) is 18.7 Å². The average molecular weight is 298 g/mol. The third-order valence-corrected chi connectivity index (χ3v) is 4.08. The highest BCUT2D eigenvalue weighted by atomic mass is 32.2. The third-order valence-electron chi connectivity index (χ3n) is 2.92. The minimum atomic E-state index is -0.487. The molecule has 1 amide bonds. The fourth-order valence-electron chi connectivity index (χ4n) is 1.80. The van der Waals surface area contributed by atoms with Gasteiger partial charge in [0.15, 0.2) is 0 Å². The highest BCUT2D eigenvalue weighted by molar-refractivity contribution is 7.99. The number of rotatable bonds is 7. The van der Waals surface area contributed by atoms with Gasteiger partial charge in [-0.3, -0.25) is 14.9 Å². The SMILES string of the molecule is CSC(CO)C(C)NC(=O)Cc1cccc([N+](=O)[O-])c1. The molecular formula is C13H18N2O4S. The van der Waals surface area contributed by atoms with Crippen molar-refractivity contribution in [1.82, 2.24) is 5.32 Å². The Labute approximate surface area is 121 Å². The summed E-state index contributed by atoms with van der Waals surface area (Å²) in [5.74, 6) is -0.217. The molecule has 110 valence electrons. The predicted molar refractivity (Wildman–Crippen MR) is 78.8 cm³/mol. The lowest BCUT2D eigenvalue weighted by atomic mass is 10.1. The molecule has 0 aliphatic carbocycles. The molecule has 0 saturated carbocycles. The molecule has 0 aromatic heterocycles. The lowest BCUT2D eigenvalue weighted by molar-refractivity contribution is -0.384. The molecule has 1 rings (SSSR count). The van der Waals surface area contributed by atoms with Crippen LogP contribution in [0.2, 0.25) is 0 Å². The molecule has 0 saturated heterocycles. The van der Waals surface area contributed by atoms with Gasteiger partial charge < -0.3 is 10.4 Å². The van der Waals surface area contributed by atoms with Crippen LogP contribution in [0.3, 0.4) is 0 Å². The Morgan fingerprint density at radius 3 is 2.80 bits per heavy atom. The highest BCUT2D eigenvalue weighted by Gasteiger charge is 2.17. The Morgan fingerprint density at radius 2 is 2.25 bits per heavy atom.